The van der Waals surface area contributed by atoms with Crippen molar-refractivity contribution in [1.82, 2.24) is 19.9 Å². The maximum Gasteiger partial charge on any atom is 0.230 e. The Labute approximate surface area is 203 Å². The molecule has 0 atom stereocenters. The molecule has 1 amide bonds. The van der Waals surface area contributed by atoms with Gasteiger partial charge in [0, 0.05) is 44.1 Å². The van der Waals surface area contributed by atoms with Gasteiger partial charge in [-0.05, 0) is 30.8 Å². The van der Waals surface area contributed by atoms with Crippen LogP contribution in [0.15, 0.2) is 42.7 Å². The fourth-order valence-corrected chi connectivity index (χ4v) is 3.83. The van der Waals surface area contributed by atoms with Crippen LogP contribution in [0.3, 0.4) is 0 Å². The summed E-state index contributed by atoms with van der Waals surface area (Å²) < 4.78 is 5.14. The number of ether oxygens (including phenoxy) is 1. The van der Waals surface area contributed by atoms with E-state index in [0.29, 0.717) is 33.7 Å². The standard InChI is InChI=1S/C24H24ClN7O2/c1-31-5-7-32(8-6-31)18-10-17(13-26)29-21(11-18)20-4-3-16(14-27-20)9-24(33)30-23-12-22(34-2)19(25)15-28-23/h3-4,10-12,14-15H,5-9H2,1-2H3,(H,28,30,33). The van der Waals surface area contributed by atoms with E-state index in [9.17, 15) is 10.1 Å². The Morgan fingerprint density at radius 2 is 1.94 bits per heavy atom. The number of nitrogens with zero attached hydrogens (tertiary/aromatic N) is 6. The highest BCUT2D eigenvalue weighted by atomic mass is 35.5. The summed E-state index contributed by atoms with van der Waals surface area (Å²) in [7, 11) is 3.60. The number of methoxy groups -OCH3 is 1. The van der Waals surface area contributed by atoms with Crippen LogP contribution in [-0.4, -0.2) is 66.1 Å². The Morgan fingerprint density at radius 3 is 2.62 bits per heavy atom. The van der Waals surface area contributed by atoms with Crippen LogP contribution in [0.2, 0.25) is 5.02 Å². The summed E-state index contributed by atoms with van der Waals surface area (Å²) in [6.45, 7) is 3.71. The molecular formula is C24H24ClN7O2. The molecule has 0 bridgehead atoms. The van der Waals surface area contributed by atoms with Crippen molar-refractivity contribution in [1.29, 1.82) is 5.26 Å². The number of rotatable bonds is 6. The van der Waals surface area contributed by atoms with Crippen LogP contribution in [0.4, 0.5) is 11.5 Å². The fraction of sp³-hybridized carbons (Fsp3) is 0.292. The van der Waals surface area contributed by atoms with Crippen molar-refractivity contribution in [3.63, 3.8) is 0 Å². The SMILES string of the molecule is COc1cc(NC(=O)Cc2ccc(-c3cc(N4CCN(C)CC4)cc(C#N)n3)nc2)ncc1Cl. The average Bonchev–Trinajstić information content (AvgIpc) is 2.85. The summed E-state index contributed by atoms with van der Waals surface area (Å²) in [5.74, 6) is 0.541. The molecule has 0 aliphatic carbocycles. The summed E-state index contributed by atoms with van der Waals surface area (Å²) in [6, 6.07) is 11.1. The first-order valence-corrected chi connectivity index (χ1v) is 11.1. The number of piperazine rings is 1. The Bertz CT molecular complexity index is 1220. The number of amides is 1. The number of halogens is 1. The lowest BCUT2D eigenvalue weighted by Gasteiger charge is -2.34. The third-order valence-corrected chi connectivity index (χ3v) is 5.84. The second-order valence-corrected chi connectivity index (χ2v) is 8.39. The van der Waals surface area contributed by atoms with Gasteiger partial charge in [-0.1, -0.05) is 17.7 Å². The summed E-state index contributed by atoms with van der Waals surface area (Å²) in [5, 5.41) is 12.6. The monoisotopic (exact) mass is 477 g/mol. The minimum absolute atomic E-state index is 0.123. The zero-order valence-corrected chi connectivity index (χ0v) is 19.7. The van der Waals surface area contributed by atoms with E-state index in [2.05, 4.69) is 43.2 Å². The van der Waals surface area contributed by atoms with Crippen LogP contribution in [0, 0.1) is 11.3 Å². The van der Waals surface area contributed by atoms with E-state index >= 15 is 0 Å². The molecule has 0 aromatic carbocycles. The number of anilines is 2. The molecule has 4 heterocycles. The maximum atomic E-state index is 12.4. The molecule has 0 saturated carbocycles. The molecule has 10 heteroatoms. The van der Waals surface area contributed by atoms with E-state index in [4.69, 9.17) is 16.3 Å². The zero-order chi connectivity index (χ0) is 24.1. The largest absolute Gasteiger partial charge is 0.495 e. The molecular weight excluding hydrogens is 454 g/mol. The van der Waals surface area contributed by atoms with E-state index in [1.807, 2.05) is 24.3 Å². The fourth-order valence-electron chi connectivity index (χ4n) is 3.65. The Balaban J connectivity index is 1.46. The number of nitriles is 1. The van der Waals surface area contributed by atoms with Crippen molar-refractivity contribution in [3.8, 4) is 23.2 Å². The highest BCUT2D eigenvalue weighted by Gasteiger charge is 2.17. The molecule has 34 heavy (non-hydrogen) atoms. The minimum atomic E-state index is -0.242. The van der Waals surface area contributed by atoms with Crippen LogP contribution in [0.25, 0.3) is 11.4 Å². The lowest BCUT2D eigenvalue weighted by atomic mass is 10.1. The number of aromatic nitrogens is 3. The number of likely N-dealkylation sites (N-methyl/N-ethyl adjacent to an activating group) is 1. The lowest BCUT2D eigenvalue weighted by Crippen LogP contribution is -2.44. The molecule has 4 rings (SSSR count). The van der Waals surface area contributed by atoms with E-state index in [0.717, 1.165) is 37.4 Å². The molecule has 0 spiro atoms. The maximum absolute atomic E-state index is 12.4. The van der Waals surface area contributed by atoms with Gasteiger partial charge in [-0.15, -0.1) is 0 Å². The first-order valence-electron chi connectivity index (χ1n) is 10.8. The average molecular weight is 478 g/mol. The summed E-state index contributed by atoms with van der Waals surface area (Å²) in [5.41, 5.74) is 3.31. The van der Waals surface area contributed by atoms with E-state index in [-0.39, 0.29) is 12.3 Å². The van der Waals surface area contributed by atoms with Crippen LogP contribution in [-0.2, 0) is 11.2 Å². The third kappa shape index (κ3) is 5.60. The second kappa shape index (κ2) is 10.5. The van der Waals surface area contributed by atoms with Gasteiger partial charge in [-0.2, -0.15) is 5.26 Å². The van der Waals surface area contributed by atoms with E-state index < -0.39 is 0 Å². The number of nitrogens with one attached hydrogen (secondary N) is 1. The lowest BCUT2D eigenvalue weighted by molar-refractivity contribution is -0.115. The molecule has 0 unspecified atom stereocenters. The summed E-state index contributed by atoms with van der Waals surface area (Å²) >= 11 is 5.97. The van der Waals surface area contributed by atoms with Crippen molar-refractivity contribution in [2.24, 2.45) is 0 Å². The van der Waals surface area contributed by atoms with E-state index in [1.165, 1.54) is 13.3 Å². The molecule has 0 radical (unpaired) electrons. The van der Waals surface area contributed by atoms with E-state index in [1.54, 1.807) is 12.3 Å². The smallest absolute Gasteiger partial charge is 0.230 e. The van der Waals surface area contributed by atoms with Crippen molar-refractivity contribution < 1.29 is 9.53 Å². The number of hydrogen-bond acceptors (Lipinski definition) is 8. The van der Waals surface area contributed by atoms with Gasteiger partial charge in [0.2, 0.25) is 5.91 Å². The van der Waals surface area contributed by atoms with Crippen LogP contribution in [0.1, 0.15) is 11.3 Å². The van der Waals surface area contributed by atoms with Gasteiger partial charge in [-0.3, -0.25) is 9.78 Å². The van der Waals surface area contributed by atoms with Gasteiger partial charge in [-0.25, -0.2) is 9.97 Å². The van der Waals surface area contributed by atoms with Gasteiger partial charge >= 0.3 is 0 Å². The molecule has 1 aliphatic heterocycles. The number of carbonyl (C=O) groups excluding carboxylic acids is 1. The normalized spacial score (nSPS) is 13.9. The third-order valence-electron chi connectivity index (χ3n) is 5.55. The topological polar surface area (TPSA) is 107 Å². The molecule has 9 nitrogen and oxygen atoms in total. The van der Waals surface area contributed by atoms with Crippen molar-refractivity contribution in [3.05, 3.63) is 59.0 Å². The highest BCUT2D eigenvalue weighted by molar-refractivity contribution is 6.32. The number of carbonyl (C=O) groups is 1. The Hall–Kier alpha value is -3.74. The predicted octanol–water partition coefficient (Wildman–Crippen LogP) is 3.01. The van der Waals surface area contributed by atoms with Crippen LogP contribution < -0.4 is 15.0 Å². The van der Waals surface area contributed by atoms with Gasteiger partial charge in [0.15, 0.2) is 0 Å². The Kier molecular flexibility index (Phi) is 7.21. The van der Waals surface area contributed by atoms with Crippen LogP contribution >= 0.6 is 11.6 Å². The number of hydrogen-bond donors (Lipinski definition) is 1. The first-order chi connectivity index (χ1) is 16.4. The quantitative estimate of drug-likeness (QED) is 0.577. The molecule has 1 saturated heterocycles. The van der Waals surface area contributed by atoms with Crippen LogP contribution in [0.5, 0.6) is 5.75 Å². The molecule has 1 N–H and O–H groups in total. The van der Waals surface area contributed by atoms with Gasteiger partial charge in [0.1, 0.15) is 28.4 Å². The zero-order valence-electron chi connectivity index (χ0n) is 19.0. The molecule has 3 aromatic rings. The van der Waals surface area contributed by atoms with Gasteiger partial charge < -0.3 is 19.9 Å². The number of pyridine rings is 3. The predicted molar refractivity (Wildman–Crippen MR) is 130 cm³/mol. The van der Waals surface area contributed by atoms with Crippen molar-refractivity contribution in [2.45, 2.75) is 6.42 Å². The first kappa shape index (κ1) is 23.4. The molecule has 1 fully saturated rings. The second-order valence-electron chi connectivity index (χ2n) is 7.98. The van der Waals surface area contributed by atoms with Gasteiger partial charge in [0.25, 0.3) is 0 Å². The molecule has 1 aliphatic rings. The molecule has 3 aromatic heterocycles. The van der Waals surface area contributed by atoms with Gasteiger partial charge in [0.05, 0.1) is 31.1 Å². The highest BCUT2D eigenvalue weighted by Crippen LogP contribution is 2.26. The minimum Gasteiger partial charge on any atom is -0.495 e. The molecule has 174 valence electrons. The summed E-state index contributed by atoms with van der Waals surface area (Å²) in [6.07, 6.45) is 3.18. The van der Waals surface area contributed by atoms with Crippen molar-refractivity contribution >= 4 is 29.0 Å². The van der Waals surface area contributed by atoms with Crippen molar-refractivity contribution in [2.75, 3.05) is 50.6 Å². The summed E-state index contributed by atoms with van der Waals surface area (Å²) in [4.78, 5) is 30.0. The Morgan fingerprint density at radius 1 is 1.15 bits per heavy atom.